The smallest absolute Gasteiger partial charge is 0.167 e. The van der Waals surface area contributed by atoms with Crippen LogP contribution in [0, 0.1) is 0 Å². The van der Waals surface area contributed by atoms with E-state index in [-0.39, 0.29) is 0 Å². The maximum absolute atomic E-state index is 6.29. The Bertz CT molecular complexity index is 3160. The van der Waals surface area contributed by atoms with E-state index in [1.807, 2.05) is 54.6 Å². The number of rotatable bonds is 4. The molecule has 0 amide bonds. The molecule has 7 aromatic carbocycles. The second-order valence-corrected chi connectivity index (χ2v) is 14.7. The number of hydrogen-bond acceptors (Lipinski definition) is 7. The van der Waals surface area contributed by atoms with Crippen LogP contribution in [0.1, 0.15) is 0 Å². The molecule has 11 rings (SSSR count). The average molecular weight is 689 g/mol. The fourth-order valence-electron chi connectivity index (χ4n) is 7.13. The number of hydrogen-bond donors (Lipinski definition) is 0. The van der Waals surface area contributed by atoms with E-state index in [1.54, 1.807) is 22.7 Å². The number of aromatic nitrogens is 4. The average Bonchev–Trinajstić information content (AvgIpc) is 3.90. The molecule has 0 atom stereocenters. The SMILES string of the molecule is c1ccc(-c2nc(-c3ccc4c(c3)oc3ccccc34)nc(-c3c4nc(-c5ccc6ccccc6c5)sc4cc4sc5ccccc5c34)n2)cc1. The topological polar surface area (TPSA) is 64.7 Å². The number of furan rings is 1. The van der Waals surface area contributed by atoms with Gasteiger partial charge in [-0.05, 0) is 47.2 Å². The van der Waals surface area contributed by atoms with Crippen molar-refractivity contribution >= 4 is 85.8 Å². The number of fused-ring (bicyclic) bond motifs is 8. The van der Waals surface area contributed by atoms with E-state index in [0.29, 0.717) is 17.5 Å². The normalized spacial score (nSPS) is 11.9. The number of benzene rings is 7. The summed E-state index contributed by atoms with van der Waals surface area (Å²) in [6.45, 7) is 0. The molecule has 0 spiro atoms. The molecule has 51 heavy (non-hydrogen) atoms. The molecule has 0 bridgehead atoms. The molecule has 4 aromatic heterocycles. The van der Waals surface area contributed by atoms with Gasteiger partial charge in [-0.15, -0.1) is 22.7 Å². The number of thiophene rings is 1. The van der Waals surface area contributed by atoms with Crippen LogP contribution in [0.4, 0.5) is 0 Å². The number of para-hydroxylation sites is 1. The first-order valence-electron chi connectivity index (χ1n) is 16.7. The second kappa shape index (κ2) is 11.1. The molecule has 0 aliphatic rings. The van der Waals surface area contributed by atoms with Crippen LogP contribution in [-0.2, 0) is 0 Å². The van der Waals surface area contributed by atoms with Gasteiger partial charge in [-0.25, -0.2) is 19.9 Å². The molecule has 0 fully saturated rings. The van der Waals surface area contributed by atoms with Crippen molar-refractivity contribution in [3.8, 4) is 44.7 Å². The van der Waals surface area contributed by atoms with Crippen LogP contribution in [-0.4, -0.2) is 19.9 Å². The summed E-state index contributed by atoms with van der Waals surface area (Å²) in [6, 6.07) is 50.3. The van der Waals surface area contributed by atoms with Crippen molar-refractivity contribution in [2.75, 3.05) is 0 Å². The van der Waals surface area contributed by atoms with E-state index in [4.69, 9.17) is 24.4 Å². The van der Waals surface area contributed by atoms with Gasteiger partial charge in [-0.3, -0.25) is 0 Å². The highest BCUT2D eigenvalue weighted by Gasteiger charge is 2.23. The van der Waals surface area contributed by atoms with E-state index in [0.717, 1.165) is 64.8 Å². The molecule has 0 saturated carbocycles. The van der Waals surface area contributed by atoms with Crippen molar-refractivity contribution in [3.05, 3.63) is 146 Å². The van der Waals surface area contributed by atoms with Crippen molar-refractivity contribution < 1.29 is 4.42 Å². The molecular weight excluding hydrogens is 665 g/mol. The highest BCUT2D eigenvalue weighted by molar-refractivity contribution is 7.27. The molecule has 11 aromatic rings. The zero-order valence-electron chi connectivity index (χ0n) is 26.9. The monoisotopic (exact) mass is 688 g/mol. The lowest BCUT2D eigenvalue weighted by Crippen LogP contribution is -2.01. The predicted octanol–water partition coefficient (Wildman–Crippen LogP) is 12.6. The van der Waals surface area contributed by atoms with Gasteiger partial charge in [-0.2, -0.15) is 0 Å². The largest absolute Gasteiger partial charge is 0.456 e. The zero-order chi connectivity index (χ0) is 33.5. The van der Waals surface area contributed by atoms with E-state index in [9.17, 15) is 0 Å². The van der Waals surface area contributed by atoms with Crippen molar-refractivity contribution in [2.45, 2.75) is 0 Å². The Morgan fingerprint density at radius 3 is 2.02 bits per heavy atom. The Balaban J connectivity index is 1.20. The van der Waals surface area contributed by atoms with Crippen molar-refractivity contribution in [2.24, 2.45) is 0 Å². The summed E-state index contributed by atoms with van der Waals surface area (Å²) in [5, 5.41) is 7.80. The first-order chi connectivity index (χ1) is 25.2. The van der Waals surface area contributed by atoms with Crippen LogP contribution >= 0.6 is 22.7 Å². The Morgan fingerprint density at radius 2 is 1.12 bits per heavy atom. The molecule has 5 nitrogen and oxygen atoms in total. The maximum Gasteiger partial charge on any atom is 0.167 e. The summed E-state index contributed by atoms with van der Waals surface area (Å²) in [4.78, 5) is 21.0. The lowest BCUT2D eigenvalue weighted by molar-refractivity contribution is 0.669. The fraction of sp³-hybridized carbons (Fsp3) is 0. The van der Waals surface area contributed by atoms with Gasteiger partial charge >= 0.3 is 0 Å². The molecular formula is C44H24N4OS2. The summed E-state index contributed by atoms with van der Waals surface area (Å²) in [5.41, 5.74) is 6.34. The molecule has 7 heteroatoms. The first-order valence-corrected chi connectivity index (χ1v) is 18.3. The van der Waals surface area contributed by atoms with Crippen molar-refractivity contribution in [3.63, 3.8) is 0 Å². The predicted molar refractivity (Wildman–Crippen MR) is 212 cm³/mol. The van der Waals surface area contributed by atoms with Gasteiger partial charge in [0, 0.05) is 47.6 Å². The van der Waals surface area contributed by atoms with E-state index < -0.39 is 0 Å². The molecule has 0 N–H and O–H groups in total. The lowest BCUT2D eigenvalue weighted by atomic mass is 10.0. The quantitative estimate of drug-likeness (QED) is 0.184. The molecule has 0 aliphatic heterocycles. The summed E-state index contributed by atoms with van der Waals surface area (Å²) < 4.78 is 9.78. The Kier molecular flexibility index (Phi) is 6.22. The van der Waals surface area contributed by atoms with Gasteiger partial charge in [0.2, 0.25) is 0 Å². The third kappa shape index (κ3) is 4.59. The van der Waals surface area contributed by atoms with Gasteiger partial charge in [0.25, 0.3) is 0 Å². The maximum atomic E-state index is 6.29. The number of nitrogens with zero attached hydrogens (tertiary/aromatic N) is 4. The molecule has 238 valence electrons. The first kappa shape index (κ1) is 28.5. The number of thiazole rings is 1. The fourth-order valence-corrected chi connectivity index (χ4v) is 9.37. The molecule has 0 radical (unpaired) electrons. The van der Waals surface area contributed by atoms with Gasteiger partial charge in [-0.1, -0.05) is 109 Å². The van der Waals surface area contributed by atoms with E-state index >= 15 is 0 Å². The van der Waals surface area contributed by atoms with Gasteiger partial charge in [0.1, 0.15) is 16.2 Å². The zero-order valence-corrected chi connectivity index (χ0v) is 28.5. The van der Waals surface area contributed by atoms with Gasteiger partial charge < -0.3 is 4.42 Å². The molecule has 0 unspecified atom stereocenters. The third-order valence-corrected chi connectivity index (χ3v) is 11.7. The Labute approximate surface area is 299 Å². The standard InChI is InChI=1S/C44H24N4OS2/c1-2-11-26(12-3-1)41-46-42(28-20-21-31-30-14-6-8-16-33(30)49-34(31)23-28)48-43(47-41)39-38-32-15-7-9-17-35(32)50-36(38)24-37-40(39)45-44(51-37)29-19-18-25-10-4-5-13-27(25)22-29/h1-24H. The summed E-state index contributed by atoms with van der Waals surface area (Å²) in [7, 11) is 0. The Hall–Kier alpha value is -6.28. The molecule has 0 saturated heterocycles. The van der Waals surface area contributed by atoms with Gasteiger partial charge in [0.05, 0.1) is 15.8 Å². The highest BCUT2D eigenvalue weighted by atomic mass is 32.1. The van der Waals surface area contributed by atoms with Gasteiger partial charge in [0.15, 0.2) is 17.5 Å². The summed E-state index contributed by atoms with van der Waals surface area (Å²) in [6.07, 6.45) is 0. The van der Waals surface area contributed by atoms with Crippen LogP contribution in [0.3, 0.4) is 0 Å². The van der Waals surface area contributed by atoms with Crippen LogP contribution in [0.15, 0.2) is 150 Å². The Morgan fingerprint density at radius 1 is 0.412 bits per heavy atom. The minimum absolute atomic E-state index is 0.580. The highest BCUT2D eigenvalue weighted by Crippen LogP contribution is 2.46. The van der Waals surface area contributed by atoms with Crippen molar-refractivity contribution in [1.82, 2.24) is 19.9 Å². The lowest BCUT2D eigenvalue weighted by Gasteiger charge is -2.10. The van der Waals surface area contributed by atoms with Crippen LogP contribution in [0.25, 0.3) is 108 Å². The second-order valence-electron chi connectivity index (χ2n) is 12.6. The summed E-state index contributed by atoms with van der Waals surface area (Å²) in [5.74, 6) is 1.78. The molecule has 4 heterocycles. The van der Waals surface area contributed by atoms with E-state index in [1.165, 1.54) is 25.6 Å². The van der Waals surface area contributed by atoms with Crippen LogP contribution < -0.4 is 0 Å². The van der Waals surface area contributed by atoms with Crippen LogP contribution in [0.2, 0.25) is 0 Å². The third-order valence-electron chi connectivity index (χ3n) is 9.55. The van der Waals surface area contributed by atoms with Crippen LogP contribution in [0.5, 0.6) is 0 Å². The minimum Gasteiger partial charge on any atom is -0.456 e. The van der Waals surface area contributed by atoms with E-state index in [2.05, 4.69) is 91.0 Å². The summed E-state index contributed by atoms with van der Waals surface area (Å²) >= 11 is 3.50. The molecule has 0 aliphatic carbocycles. The minimum atomic E-state index is 0.580. The van der Waals surface area contributed by atoms with Crippen molar-refractivity contribution in [1.29, 1.82) is 0 Å².